The summed E-state index contributed by atoms with van der Waals surface area (Å²) >= 11 is 0. The summed E-state index contributed by atoms with van der Waals surface area (Å²) in [6.45, 7) is 12.9. The van der Waals surface area contributed by atoms with Crippen molar-refractivity contribution in [3.8, 4) is 0 Å². The van der Waals surface area contributed by atoms with Crippen LogP contribution in [0.15, 0.2) is 0 Å². The summed E-state index contributed by atoms with van der Waals surface area (Å²) in [5, 5.41) is 6.83. The number of carbonyl (C=O) groups excluding carboxylic acids is 1. The van der Waals surface area contributed by atoms with Crippen LogP contribution in [0.1, 0.15) is 36.3 Å². The van der Waals surface area contributed by atoms with Gasteiger partial charge in [0.2, 0.25) is 5.95 Å². The molecule has 6 heteroatoms. The number of hydrogen-bond donors (Lipinski definition) is 1. The highest BCUT2D eigenvalue weighted by Crippen LogP contribution is 2.21. The molecule has 1 N–H and O–H groups in total. The first-order valence-electron chi connectivity index (χ1n) is 7.51. The molecule has 0 aliphatic carbocycles. The molecule has 1 amide bonds. The Bertz CT molecular complexity index is 508. The smallest absolute Gasteiger partial charge is 0.258 e. The normalized spacial score (nSPS) is 14.9. The number of aryl methyl sites for hydroxylation is 2. The molecule has 4 nitrogen and oxygen atoms in total. The Morgan fingerprint density at radius 3 is 2.38 bits per heavy atom. The predicted octanol–water partition coefficient (Wildman–Crippen LogP) is 3.35. The van der Waals surface area contributed by atoms with Gasteiger partial charge in [0.15, 0.2) is 0 Å². The van der Waals surface area contributed by atoms with Gasteiger partial charge in [0.05, 0.1) is 5.69 Å². The summed E-state index contributed by atoms with van der Waals surface area (Å²) in [5.74, 6) is -0.384. The zero-order chi connectivity index (χ0) is 16.4. The van der Waals surface area contributed by atoms with Crippen molar-refractivity contribution in [3.05, 3.63) is 17.2 Å². The van der Waals surface area contributed by atoms with Gasteiger partial charge in [-0.3, -0.25) is 4.79 Å². The third-order valence-electron chi connectivity index (χ3n) is 3.47. The van der Waals surface area contributed by atoms with Crippen LogP contribution >= 0.6 is 0 Å². The molecule has 0 saturated heterocycles. The molecule has 1 aromatic heterocycles. The minimum atomic E-state index is -1.09. The van der Waals surface area contributed by atoms with Crippen molar-refractivity contribution in [3.63, 3.8) is 0 Å². The second-order valence-corrected chi connectivity index (χ2v) is 12.9. The van der Waals surface area contributed by atoms with Crippen molar-refractivity contribution in [2.45, 2.75) is 58.9 Å². The highest BCUT2D eigenvalue weighted by Gasteiger charge is 2.23. The minimum absolute atomic E-state index is 0.0304. The van der Waals surface area contributed by atoms with Crippen LogP contribution in [0.5, 0.6) is 0 Å². The lowest BCUT2D eigenvalue weighted by molar-refractivity contribution is 0.0931. The Balaban J connectivity index is 2.62. The molecule has 0 aliphatic rings. The van der Waals surface area contributed by atoms with Gasteiger partial charge >= 0.3 is 0 Å². The fourth-order valence-electron chi connectivity index (χ4n) is 2.98. The van der Waals surface area contributed by atoms with Crippen molar-refractivity contribution < 1.29 is 9.18 Å². The van der Waals surface area contributed by atoms with Crippen LogP contribution < -0.4 is 5.32 Å². The van der Waals surface area contributed by atoms with Crippen LogP contribution in [-0.2, 0) is 7.05 Å². The van der Waals surface area contributed by atoms with E-state index in [1.807, 2.05) is 6.92 Å². The monoisotopic (exact) mass is 313 g/mol. The number of halogens is 1. The Morgan fingerprint density at radius 1 is 1.38 bits per heavy atom. The van der Waals surface area contributed by atoms with E-state index in [1.54, 1.807) is 6.92 Å². The van der Waals surface area contributed by atoms with Crippen LogP contribution in [0.25, 0.3) is 0 Å². The first-order chi connectivity index (χ1) is 9.51. The molecular weight excluding hydrogens is 285 g/mol. The van der Waals surface area contributed by atoms with Crippen molar-refractivity contribution >= 4 is 14.0 Å². The third kappa shape index (κ3) is 5.26. The second kappa shape index (κ2) is 6.73. The fraction of sp³-hybridized carbons (Fsp3) is 0.733. The van der Waals surface area contributed by atoms with E-state index < -0.39 is 14.0 Å². The number of nitrogens with one attached hydrogen (secondary N) is 1. The van der Waals surface area contributed by atoms with Crippen molar-refractivity contribution in [2.75, 3.05) is 0 Å². The standard InChI is InChI=1S/C15H28FN3OSi/c1-10(9-21(5,6)7)8-11(2)17-15(20)13-12(3)18-19(4)14(13)16/h10-11H,8-9H2,1-7H3,(H,17,20). The molecule has 0 saturated carbocycles. The van der Waals surface area contributed by atoms with Crippen molar-refractivity contribution in [1.29, 1.82) is 0 Å². The molecule has 1 heterocycles. The van der Waals surface area contributed by atoms with E-state index in [1.165, 1.54) is 13.1 Å². The van der Waals surface area contributed by atoms with E-state index >= 15 is 0 Å². The maximum atomic E-state index is 13.9. The van der Waals surface area contributed by atoms with E-state index in [-0.39, 0.29) is 17.5 Å². The SMILES string of the molecule is Cc1nn(C)c(F)c1C(=O)NC(C)CC(C)C[Si](C)(C)C. The summed E-state index contributed by atoms with van der Waals surface area (Å²) < 4.78 is 15.0. The van der Waals surface area contributed by atoms with E-state index in [0.717, 1.165) is 11.1 Å². The van der Waals surface area contributed by atoms with E-state index in [2.05, 4.69) is 37.0 Å². The first kappa shape index (κ1) is 17.9. The Kier molecular flexibility index (Phi) is 5.73. The summed E-state index contributed by atoms with van der Waals surface area (Å²) in [4.78, 5) is 12.2. The number of rotatable bonds is 6. The molecule has 1 aromatic rings. The zero-order valence-electron chi connectivity index (χ0n) is 14.2. The summed E-state index contributed by atoms with van der Waals surface area (Å²) in [6, 6.07) is 1.26. The van der Waals surface area contributed by atoms with Crippen LogP contribution in [0.4, 0.5) is 4.39 Å². The van der Waals surface area contributed by atoms with Gasteiger partial charge in [-0.1, -0.05) is 32.6 Å². The molecule has 0 aliphatic heterocycles. The van der Waals surface area contributed by atoms with Gasteiger partial charge in [-0.15, -0.1) is 0 Å². The summed E-state index contributed by atoms with van der Waals surface area (Å²) in [6.07, 6.45) is 0.914. The molecule has 2 atom stereocenters. The van der Waals surface area contributed by atoms with Crippen LogP contribution in [0.2, 0.25) is 25.7 Å². The number of carbonyl (C=O) groups is 1. The number of amides is 1. The number of hydrogen-bond acceptors (Lipinski definition) is 2. The second-order valence-electron chi connectivity index (χ2n) is 7.35. The molecule has 1 rings (SSSR count). The average molecular weight is 313 g/mol. The van der Waals surface area contributed by atoms with Gasteiger partial charge in [0, 0.05) is 21.2 Å². The molecule has 0 spiro atoms. The van der Waals surface area contributed by atoms with Crippen LogP contribution in [0.3, 0.4) is 0 Å². The average Bonchev–Trinajstić information content (AvgIpc) is 2.49. The van der Waals surface area contributed by atoms with Gasteiger partial charge in [0.25, 0.3) is 5.91 Å². The highest BCUT2D eigenvalue weighted by molar-refractivity contribution is 6.76. The lowest BCUT2D eigenvalue weighted by Gasteiger charge is -2.24. The fourth-order valence-corrected chi connectivity index (χ4v) is 5.23. The highest BCUT2D eigenvalue weighted by atomic mass is 28.3. The summed E-state index contributed by atoms with van der Waals surface area (Å²) in [7, 11) is 0.407. The molecule has 0 aromatic carbocycles. The van der Waals surface area contributed by atoms with Gasteiger partial charge in [-0.25, -0.2) is 4.68 Å². The van der Waals surface area contributed by atoms with Crippen LogP contribution in [-0.4, -0.2) is 29.8 Å². The lowest BCUT2D eigenvalue weighted by Crippen LogP contribution is -2.35. The molecular formula is C15H28FN3OSi. The van der Waals surface area contributed by atoms with Gasteiger partial charge in [0.1, 0.15) is 5.56 Å². The van der Waals surface area contributed by atoms with E-state index in [4.69, 9.17) is 0 Å². The van der Waals surface area contributed by atoms with Crippen molar-refractivity contribution in [1.82, 2.24) is 15.1 Å². The Morgan fingerprint density at radius 2 is 1.95 bits per heavy atom. The maximum absolute atomic E-state index is 13.9. The Labute approximate surface area is 128 Å². The zero-order valence-corrected chi connectivity index (χ0v) is 15.2. The molecule has 0 radical (unpaired) electrons. The van der Waals surface area contributed by atoms with Crippen molar-refractivity contribution in [2.24, 2.45) is 13.0 Å². The molecule has 120 valence electrons. The first-order valence-corrected chi connectivity index (χ1v) is 11.2. The lowest BCUT2D eigenvalue weighted by atomic mass is 10.0. The molecule has 2 unspecified atom stereocenters. The largest absolute Gasteiger partial charge is 0.349 e. The number of nitrogens with zero attached hydrogens (tertiary/aromatic N) is 2. The minimum Gasteiger partial charge on any atom is -0.349 e. The number of aromatic nitrogens is 2. The summed E-state index contributed by atoms with van der Waals surface area (Å²) in [5.41, 5.74) is 0.483. The quantitative estimate of drug-likeness (QED) is 0.819. The molecule has 0 bridgehead atoms. The van der Waals surface area contributed by atoms with Gasteiger partial charge < -0.3 is 5.32 Å². The van der Waals surface area contributed by atoms with Gasteiger partial charge in [-0.2, -0.15) is 9.49 Å². The predicted molar refractivity (Wildman–Crippen MR) is 86.8 cm³/mol. The Hall–Kier alpha value is -1.17. The maximum Gasteiger partial charge on any atom is 0.258 e. The van der Waals surface area contributed by atoms with E-state index in [9.17, 15) is 9.18 Å². The van der Waals surface area contributed by atoms with Crippen LogP contribution in [0, 0.1) is 18.8 Å². The van der Waals surface area contributed by atoms with E-state index in [0.29, 0.717) is 11.6 Å². The topological polar surface area (TPSA) is 46.9 Å². The third-order valence-corrected chi connectivity index (χ3v) is 5.40. The molecule has 0 fully saturated rings. The van der Waals surface area contributed by atoms with Gasteiger partial charge in [-0.05, 0) is 26.2 Å². The molecule has 21 heavy (non-hydrogen) atoms.